The number of nitriles is 1. The van der Waals surface area contributed by atoms with E-state index in [2.05, 4.69) is 5.32 Å². The Kier molecular flexibility index (Phi) is 4.06. The molecule has 18 heavy (non-hydrogen) atoms. The van der Waals surface area contributed by atoms with Crippen LogP contribution in [0.1, 0.15) is 24.8 Å². The smallest absolute Gasteiger partial charge is 0.261 e. The van der Waals surface area contributed by atoms with E-state index in [9.17, 15) is 4.79 Å². The summed E-state index contributed by atoms with van der Waals surface area (Å²) in [5.74, 6) is 0.239. The molecule has 0 radical (unpaired) electrons. The third-order valence-electron chi connectivity index (χ3n) is 2.82. The fraction of sp³-hybridized carbons (Fsp3) is 0.385. The molecule has 1 fully saturated rings. The Morgan fingerprint density at radius 1 is 1.44 bits per heavy atom. The van der Waals surface area contributed by atoms with Crippen molar-refractivity contribution >= 4 is 17.5 Å². The Morgan fingerprint density at radius 2 is 2.28 bits per heavy atom. The minimum Gasteiger partial charge on any atom is -0.479 e. The summed E-state index contributed by atoms with van der Waals surface area (Å²) in [6.45, 7) is 0.680. The van der Waals surface area contributed by atoms with E-state index in [0.717, 1.165) is 12.8 Å². The van der Waals surface area contributed by atoms with Gasteiger partial charge < -0.3 is 10.1 Å². The number of hydrogen-bond donors (Lipinski definition) is 1. The van der Waals surface area contributed by atoms with Gasteiger partial charge in [-0.3, -0.25) is 4.79 Å². The highest BCUT2D eigenvalue weighted by Gasteiger charge is 2.23. The van der Waals surface area contributed by atoms with Gasteiger partial charge in [-0.2, -0.15) is 5.26 Å². The van der Waals surface area contributed by atoms with Crippen LogP contribution in [-0.4, -0.2) is 18.6 Å². The Morgan fingerprint density at radius 3 is 3.06 bits per heavy atom. The van der Waals surface area contributed by atoms with Crippen molar-refractivity contribution < 1.29 is 9.53 Å². The van der Waals surface area contributed by atoms with Gasteiger partial charge in [0.05, 0.1) is 5.56 Å². The minimum absolute atomic E-state index is 0.128. The molecule has 2 rings (SSSR count). The Hall–Kier alpha value is -1.73. The fourth-order valence-corrected chi connectivity index (χ4v) is 2.03. The van der Waals surface area contributed by atoms with Gasteiger partial charge in [-0.1, -0.05) is 11.6 Å². The molecule has 1 heterocycles. The predicted molar refractivity (Wildman–Crippen MR) is 67.4 cm³/mol. The number of nitrogens with one attached hydrogen (secondary N) is 1. The number of amides is 1. The Bertz CT molecular complexity index is 496. The monoisotopic (exact) mass is 264 g/mol. The minimum atomic E-state index is -0.543. The second kappa shape index (κ2) is 5.74. The number of carbonyl (C=O) groups is 1. The summed E-state index contributed by atoms with van der Waals surface area (Å²) < 4.78 is 5.63. The number of ether oxygens (including phenoxy) is 1. The average molecular weight is 265 g/mol. The maximum absolute atomic E-state index is 11.8. The lowest BCUT2D eigenvalue weighted by atomic mass is 10.1. The first-order valence-corrected chi connectivity index (χ1v) is 6.22. The lowest BCUT2D eigenvalue weighted by Gasteiger charge is -2.16. The second-order valence-corrected chi connectivity index (χ2v) is 4.58. The highest BCUT2D eigenvalue weighted by Crippen LogP contribution is 2.25. The molecule has 1 saturated heterocycles. The molecule has 1 aliphatic rings. The van der Waals surface area contributed by atoms with Crippen LogP contribution in [0.4, 0.5) is 0 Å². The van der Waals surface area contributed by atoms with Crippen LogP contribution in [0.25, 0.3) is 0 Å². The molecule has 1 aromatic rings. The van der Waals surface area contributed by atoms with E-state index in [0.29, 0.717) is 29.3 Å². The largest absolute Gasteiger partial charge is 0.479 e. The molecule has 1 atom stereocenters. The van der Waals surface area contributed by atoms with E-state index in [1.54, 1.807) is 18.2 Å². The van der Waals surface area contributed by atoms with E-state index in [-0.39, 0.29) is 5.91 Å². The zero-order chi connectivity index (χ0) is 13.0. The quantitative estimate of drug-likeness (QED) is 0.891. The van der Waals surface area contributed by atoms with Gasteiger partial charge in [0.25, 0.3) is 5.91 Å². The number of hydrogen-bond acceptors (Lipinski definition) is 3. The van der Waals surface area contributed by atoms with Crippen LogP contribution in [0.2, 0.25) is 5.02 Å². The molecule has 0 aromatic heterocycles. The summed E-state index contributed by atoms with van der Waals surface area (Å²) in [6, 6.07) is 6.81. The van der Waals surface area contributed by atoms with E-state index >= 15 is 0 Å². The molecule has 1 aliphatic heterocycles. The fourth-order valence-electron chi connectivity index (χ4n) is 1.86. The van der Waals surface area contributed by atoms with Crippen molar-refractivity contribution in [1.29, 1.82) is 5.26 Å². The van der Waals surface area contributed by atoms with Gasteiger partial charge in [-0.15, -0.1) is 0 Å². The van der Waals surface area contributed by atoms with Crippen LogP contribution in [0, 0.1) is 11.3 Å². The van der Waals surface area contributed by atoms with Crippen LogP contribution in [0.15, 0.2) is 18.2 Å². The molecule has 0 spiro atoms. The highest BCUT2D eigenvalue weighted by atomic mass is 35.5. The van der Waals surface area contributed by atoms with Crippen molar-refractivity contribution in [3.05, 3.63) is 28.8 Å². The molecule has 0 saturated carbocycles. The lowest BCUT2D eigenvalue weighted by Crippen LogP contribution is -2.36. The number of halogens is 1. The second-order valence-electron chi connectivity index (χ2n) is 4.15. The topological polar surface area (TPSA) is 62.1 Å². The first-order valence-electron chi connectivity index (χ1n) is 5.85. The third kappa shape index (κ3) is 2.93. The van der Waals surface area contributed by atoms with E-state index in [1.807, 2.05) is 6.07 Å². The van der Waals surface area contributed by atoms with Crippen molar-refractivity contribution in [2.24, 2.45) is 0 Å². The molecule has 1 unspecified atom stereocenters. The van der Waals surface area contributed by atoms with Gasteiger partial charge in [-0.05, 0) is 31.4 Å². The lowest BCUT2D eigenvalue weighted by molar-refractivity contribution is -0.127. The maximum atomic E-state index is 11.8. The van der Waals surface area contributed by atoms with Crippen molar-refractivity contribution in [2.75, 3.05) is 6.54 Å². The van der Waals surface area contributed by atoms with Gasteiger partial charge in [0, 0.05) is 17.6 Å². The summed E-state index contributed by atoms with van der Waals surface area (Å²) in [5.41, 5.74) is 0.386. The summed E-state index contributed by atoms with van der Waals surface area (Å²) in [4.78, 5) is 11.8. The standard InChI is InChI=1S/C13H13ClN2O2/c14-10-5-4-9(8-15)12(7-10)18-11-3-1-2-6-16-13(11)17/h4-5,7,11H,1-3,6H2,(H,16,17). The van der Waals surface area contributed by atoms with Crippen LogP contribution in [-0.2, 0) is 4.79 Å². The van der Waals surface area contributed by atoms with Crippen molar-refractivity contribution in [1.82, 2.24) is 5.32 Å². The molecule has 5 heteroatoms. The number of carbonyl (C=O) groups excluding carboxylic acids is 1. The first-order chi connectivity index (χ1) is 8.70. The van der Waals surface area contributed by atoms with Gasteiger partial charge in [-0.25, -0.2) is 0 Å². The molecule has 1 amide bonds. The molecule has 94 valence electrons. The summed E-state index contributed by atoms with van der Waals surface area (Å²) in [5, 5.41) is 12.3. The number of benzene rings is 1. The van der Waals surface area contributed by atoms with Crippen LogP contribution < -0.4 is 10.1 Å². The average Bonchev–Trinajstić information content (AvgIpc) is 2.55. The van der Waals surface area contributed by atoms with E-state index in [4.69, 9.17) is 21.6 Å². The van der Waals surface area contributed by atoms with E-state index in [1.165, 1.54) is 0 Å². The molecule has 0 aliphatic carbocycles. The van der Waals surface area contributed by atoms with Crippen molar-refractivity contribution in [2.45, 2.75) is 25.4 Å². The zero-order valence-corrected chi connectivity index (χ0v) is 10.5. The van der Waals surface area contributed by atoms with Gasteiger partial charge in [0.15, 0.2) is 6.10 Å². The van der Waals surface area contributed by atoms with Crippen LogP contribution in [0.5, 0.6) is 5.75 Å². The predicted octanol–water partition coefficient (Wildman–Crippen LogP) is 2.26. The Labute approximate surface area is 111 Å². The van der Waals surface area contributed by atoms with Crippen molar-refractivity contribution in [3.63, 3.8) is 0 Å². The normalized spacial score (nSPS) is 19.6. The maximum Gasteiger partial charge on any atom is 0.261 e. The number of rotatable bonds is 2. The Balaban J connectivity index is 2.19. The van der Waals surface area contributed by atoms with Crippen LogP contribution in [0.3, 0.4) is 0 Å². The highest BCUT2D eigenvalue weighted by molar-refractivity contribution is 6.30. The molecule has 0 bridgehead atoms. The molecule has 1 N–H and O–H groups in total. The summed E-state index contributed by atoms with van der Waals surface area (Å²) in [6.07, 6.45) is 1.99. The molecule has 1 aromatic carbocycles. The SMILES string of the molecule is N#Cc1ccc(Cl)cc1OC1CCCCNC1=O. The van der Waals surface area contributed by atoms with E-state index < -0.39 is 6.10 Å². The van der Waals surface area contributed by atoms with Gasteiger partial charge >= 0.3 is 0 Å². The van der Waals surface area contributed by atoms with Crippen LogP contribution >= 0.6 is 11.6 Å². The van der Waals surface area contributed by atoms with Gasteiger partial charge in [0.1, 0.15) is 11.8 Å². The number of nitrogens with zero attached hydrogens (tertiary/aromatic N) is 1. The summed E-state index contributed by atoms with van der Waals surface area (Å²) >= 11 is 5.87. The third-order valence-corrected chi connectivity index (χ3v) is 3.05. The van der Waals surface area contributed by atoms with Gasteiger partial charge in [0.2, 0.25) is 0 Å². The zero-order valence-electron chi connectivity index (χ0n) is 9.78. The molecular weight excluding hydrogens is 252 g/mol. The molecular formula is C13H13ClN2O2. The first kappa shape index (κ1) is 12.7. The van der Waals surface area contributed by atoms with Crippen molar-refractivity contribution in [3.8, 4) is 11.8 Å². The molecule has 4 nitrogen and oxygen atoms in total. The summed E-state index contributed by atoms with van der Waals surface area (Å²) in [7, 11) is 0.